The molecule has 0 bridgehead atoms. The molecule has 0 aliphatic carbocycles. The van der Waals surface area contributed by atoms with Crippen molar-refractivity contribution in [3.8, 4) is 0 Å². The first-order valence-corrected chi connectivity index (χ1v) is 2.97. The minimum Gasteiger partial charge on any atom is -0.329 e. The van der Waals surface area contributed by atoms with Crippen molar-refractivity contribution in [2.24, 2.45) is 16.6 Å². The van der Waals surface area contributed by atoms with Gasteiger partial charge < -0.3 is 5.73 Å². The summed E-state index contributed by atoms with van der Waals surface area (Å²) in [6, 6.07) is 0. The van der Waals surface area contributed by atoms with Crippen LogP contribution in [0.15, 0.2) is 4.99 Å². The van der Waals surface area contributed by atoms with Crippen LogP contribution < -0.4 is 5.73 Å². The number of aliphatic imine (C=N–C) groups is 1. The van der Waals surface area contributed by atoms with Gasteiger partial charge in [0, 0.05) is 12.8 Å². The van der Waals surface area contributed by atoms with Crippen LogP contribution >= 0.6 is 0 Å². The molecule has 0 aliphatic heterocycles. The maximum Gasteiger partial charge on any atom is 0.0508 e. The van der Waals surface area contributed by atoms with Gasteiger partial charge >= 0.3 is 0 Å². The zero-order valence-corrected chi connectivity index (χ0v) is 5.59. The van der Waals surface area contributed by atoms with Crippen molar-refractivity contribution in [1.29, 1.82) is 0 Å². The fraction of sp³-hybridized carbons (Fsp3) is 0.833. The van der Waals surface area contributed by atoms with E-state index in [-0.39, 0.29) is 0 Å². The lowest BCUT2D eigenvalue weighted by atomic mass is 10.2. The average Bonchev–Trinajstić information content (AvgIpc) is 1.66. The molecule has 0 spiro atoms. The summed E-state index contributed by atoms with van der Waals surface area (Å²) in [5.41, 5.74) is 5.20. The highest BCUT2D eigenvalue weighted by molar-refractivity contribution is 5.59. The van der Waals surface area contributed by atoms with Gasteiger partial charge in [0.25, 0.3) is 0 Å². The lowest BCUT2D eigenvalue weighted by Gasteiger charge is -1.90. The summed E-state index contributed by atoms with van der Waals surface area (Å²) in [6.07, 6.45) is 1.92. The van der Waals surface area contributed by atoms with Crippen molar-refractivity contribution >= 4 is 6.21 Å². The highest BCUT2D eigenvalue weighted by atomic mass is 14.7. The highest BCUT2D eigenvalue weighted by Gasteiger charge is 1.81. The molecule has 0 aromatic heterocycles. The summed E-state index contributed by atoms with van der Waals surface area (Å²) in [6.45, 7) is 5.61. The first kappa shape index (κ1) is 7.63. The van der Waals surface area contributed by atoms with E-state index < -0.39 is 0 Å². The van der Waals surface area contributed by atoms with E-state index in [0.717, 1.165) is 6.54 Å². The summed E-state index contributed by atoms with van der Waals surface area (Å²) >= 11 is 0. The van der Waals surface area contributed by atoms with Crippen molar-refractivity contribution in [2.45, 2.75) is 13.8 Å². The van der Waals surface area contributed by atoms with Gasteiger partial charge in [-0.1, -0.05) is 13.8 Å². The summed E-state index contributed by atoms with van der Waals surface area (Å²) < 4.78 is 0. The SMILES string of the molecule is CC(C)/C=N\CCN. The average molecular weight is 114 g/mol. The van der Waals surface area contributed by atoms with Crippen molar-refractivity contribution in [2.75, 3.05) is 13.1 Å². The third kappa shape index (κ3) is 5.63. The lowest BCUT2D eigenvalue weighted by molar-refractivity contribution is 0.885. The van der Waals surface area contributed by atoms with Crippen LogP contribution in [0, 0.1) is 5.92 Å². The quantitative estimate of drug-likeness (QED) is 0.538. The summed E-state index contributed by atoms with van der Waals surface area (Å²) in [5, 5.41) is 0. The number of rotatable bonds is 3. The van der Waals surface area contributed by atoms with Crippen LogP contribution in [0.3, 0.4) is 0 Å². The molecular formula is C6H14N2. The predicted molar refractivity (Wildman–Crippen MR) is 37.3 cm³/mol. The van der Waals surface area contributed by atoms with E-state index in [1.807, 2.05) is 6.21 Å². The number of hydrogen-bond acceptors (Lipinski definition) is 2. The second-order valence-electron chi connectivity index (χ2n) is 2.09. The Kier molecular flexibility index (Phi) is 4.56. The molecule has 48 valence electrons. The summed E-state index contributed by atoms with van der Waals surface area (Å²) in [5.74, 6) is 0.557. The Bertz CT molecular complexity index is 66.9. The molecule has 0 rings (SSSR count). The molecule has 0 amide bonds. The van der Waals surface area contributed by atoms with E-state index in [1.165, 1.54) is 0 Å². The first-order valence-electron chi connectivity index (χ1n) is 2.97. The lowest BCUT2D eigenvalue weighted by Crippen LogP contribution is -2.03. The van der Waals surface area contributed by atoms with Crippen molar-refractivity contribution < 1.29 is 0 Å². The van der Waals surface area contributed by atoms with Gasteiger partial charge in [0.2, 0.25) is 0 Å². The molecule has 0 atom stereocenters. The van der Waals surface area contributed by atoms with E-state index in [0.29, 0.717) is 12.5 Å². The maximum atomic E-state index is 5.20. The fourth-order valence-electron chi connectivity index (χ4n) is 0.360. The zero-order chi connectivity index (χ0) is 6.41. The van der Waals surface area contributed by atoms with Crippen LogP contribution in [0.25, 0.3) is 0 Å². The van der Waals surface area contributed by atoms with Crippen molar-refractivity contribution in [1.82, 2.24) is 0 Å². The molecule has 0 fully saturated rings. The van der Waals surface area contributed by atoms with Crippen LogP contribution in [0.1, 0.15) is 13.8 Å². The molecule has 0 aromatic rings. The Labute approximate surface area is 50.8 Å². The molecule has 0 saturated carbocycles. The minimum atomic E-state index is 0.557. The largest absolute Gasteiger partial charge is 0.329 e. The predicted octanol–water partition coefficient (Wildman–Crippen LogP) is 0.672. The van der Waals surface area contributed by atoms with Gasteiger partial charge in [0.1, 0.15) is 0 Å². The topological polar surface area (TPSA) is 38.4 Å². The van der Waals surface area contributed by atoms with Crippen LogP contribution in [0.2, 0.25) is 0 Å². The Balaban J connectivity index is 3.07. The minimum absolute atomic E-state index is 0.557. The monoisotopic (exact) mass is 114 g/mol. The zero-order valence-electron chi connectivity index (χ0n) is 5.59. The first-order chi connectivity index (χ1) is 3.77. The third-order valence-electron chi connectivity index (χ3n) is 0.662. The van der Waals surface area contributed by atoms with Gasteiger partial charge in [-0.25, -0.2) is 0 Å². The second-order valence-corrected chi connectivity index (χ2v) is 2.09. The highest BCUT2D eigenvalue weighted by Crippen LogP contribution is 1.83. The van der Waals surface area contributed by atoms with Gasteiger partial charge in [-0.15, -0.1) is 0 Å². The Morgan fingerprint density at radius 3 is 2.62 bits per heavy atom. The smallest absolute Gasteiger partial charge is 0.0508 e. The van der Waals surface area contributed by atoms with Gasteiger partial charge in [-0.2, -0.15) is 0 Å². The number of nitrogens with two attached hydrogens (primary N) is 1. The van der Waals surface area contributed by atoms with E-state index in [9.17, 15) is 0 Å². The molecule has 2 N–H and O–H groups in total. The number of nitrogens with zero attached hydrogens (tertiary/aromatic N) is 1. The van der Waals surface area contributed by atoms with E-state index in [1.54, 1.807) is 0 Å². The second kappa shape index (κ2) is 4.78. The molecular weight excluding hydrogens is 100 g/mol. The normalized spacial score (nSPS) is 11.5. The van der Waals surface area contributed by atoms with E-state index in [4.69, 9.17) is 5.73 Å². The van der Waals surface area contributed by atoms with E-state index >= 15 is 0 Å². The van der Waals surface area contributed by atoms with Crippen LogP contribution in [0.5, 0.6) is 0 Å². The molecule has 2 nitrogen and oxygen atoms in total. The molecule has 0 aromatic carbocycles. The van der Waals surface area contributed by atoms with Gasteiger partial charge in [0.05, 0.1) is 6.54 Å². The van der Waals surface area contributed by atoms with Crippen molar-refractivity contribution in [3.63, 3.8) is 0 Å². The Morgan fingerprint density at radius 1 is 1.62 bits per heavy atom. The Hall–Kier alpha value is -0.370. The molecule has 0 saturated heterocycles. The summed E-state index contributed by atoms with van der Waals surface area (Å²) in [7, 11) is 0. The molecule has 2 heteroatoms. The summed E-state index contributed by atoms with van der Waals surface area (Å²) in [4.78, 5) is 4.04. The van der Waals surface area contributed by atoms with Gasteiger partial charge in [0.15, 0.2) is 0 Å². The fourth-order valence-corrected chi connectivity index (χ4v) is 0.360. The molecule has 0 heterocycles. The molecule has 0 aliphatic rings. The Morgan fingerprint density at radius 2 is 2.25 bits per heavy atom. The van der Waals surface area contributed by atoms with Crippen LogP contribution in [-0.2, 0) is 0 Å². The van der Waals surface area contributed by atoms with E-state index in [2.05, 4.69) is 18.8 Å². The molecule has 8 heavy (non-hydrogen) atoms. The number of hydrogen-bond donors (Lipinski definition) is 1. The standard InChI is InChI=1S/C6H14N2/c1-6(2)5-8-4-3-7/h5-6H,3-4,7H2,1-2H3/b8-5-. The van der Waals surface area contributed by atoms with Crippen LogP contribution in [0.4, 0.5) is 0 Å². The van der Waals surface area contributed by atoms with Crippen LogP contribution in [-0.4, -0.2) is 19.3 Å². The van der Waals surface area contributed by atoms with Gasteiger partial charge in [-0.05, 0) is 5.92 Å². The molecule has 0 unspecified atom stereocenters. The van der Waals surface area contributed by atoms with Crippen molar-refractivity contribution in [3.05, 3.63) is 0 Å². The van der Waals surface area contributed by atoms with Gasteiger partial charge in [-0.3, -0.25) is 4.99 Å². The maximum absolute atomic E-state index is 5.20. The molecule has 0 radical (unpaired) electrons. The third-order valence-corrected chi connectivity index (χ3v) is 0.662.